The van der Waals surface area contributed by atoms with E-state index in [-0.39, 0.29) is 30.0 Å². The number of carbonyl (C=O) groups is 1. The second kappa shape index (κ2) is 7.32. The molecule has 1 saturated heterocycles. The van der Waals surface area contributed by atoms with Gasteiger partial charge in [0, 0.05) is 12.6 Å². The molecule has 0 spiro atoms. The molecule has 134 valence electrons. The third-order valence-electron chi connectivity index (χ3n) is 4.33. The lowest BCUT2D eigenvalue weighted by Gasteiger charge is -2.22. The monoisotopic (exact) mass is 363 g/mol. The van der Waals surface area contributed by atoms with E-state index < -0.39 is 9.84 Å². The van der Waals surface area contributed by atoms with E-state index in [9.17, 15) is 13.2 Å². The lowest BCUT2D eigenvalue weighted by atomic mass is 10.2. The summed E-state index contributed by atoms with van der Waals surface area (Å²) in [6.07, 6.45) is 3.69. The van der Waals surface area contributed by atoms with Gasteiger partial charge in [-0.15, -0.1) is 0 Å². The molecular weight excluding hydrogens is 342 g/mol. The molecule has 2 heterocycles. The number of carbonyl (C=O) groups excluding carboxylic acids is 1. The van der Waals surface area contributed by atoms with Gasteiger partial charge in [0.15, 0.2) is 9.84 Å². The Morgan fingerprint density at radius 1 is 1.36 bits per heavy atom. The Morgan fingerprint density at radius 2 is 2.12 bits per heavy atom. The summed E-state index contributed by atoms with van der Waals surface area (Å²) >= 11 is 0. The van der Waals surface area contributed by atoms with Gasteiger partial charge in [0.1, 0.15) is 12.7 Å². The average molecular weight is 363 g/mol. The molecule has 0 saturated carbocycles. The average Bonchev–Trinajstić information content (AvgIpc) is 3.23. The Kier molecular flexibility index (Phi) is 5.14. The topological polar surface area (TPSA) is 97.2 Å². The summed E-state index contributed by atoms with van der Waals surface area (Å²) in [6.45, 7) is 0.616. The van der Waals surface area contributed by atoms with E-state index >= 15 is 0 Å². The van der Waals surface area contributed by atoms with Gasteiger partial charge in [0.25, 0.3) is 0 Å². The van der Waals surface area contributed by atoms with Gasteiger partial charge in [-0.1, -0.05) is 12.1 Å². The van der Waals surface area contributed by atoms with Gasteiger partial charge in [0.05, 0.1) is 23.7 Å². The van der Waals surface area contributed by atoms with Crippen LogP contribution in [0.2, 0.25) is 0 Å². The van der Waals surface area contributed by atoms with Crippen LogP contribution in [0.1, 0.15) is 12.0 Å². The van der Waals surface area contributed by atoms with Crippen molar-refractivity contribution in [3.8, 4) is 5.69 Å². The summed E-state index contributed by atoms with van der Waals surface area (Å²) in [4.78, 5) is 17.8. The van der Waals surface area contributed by atoms with Gasteiger partial charge in [-0.2, -0.15) is 5.10 Å². The maximum Gasteiger partial charge on any atom is 0.234 e. The largest absolute Gasteiger partial charge is 0.351 e. The van der Waals surface area contributed by atoms with Crippen LogP contribution in [0.25, 0.3) is 5.69 Å². The molecule has 1 aliphatic rings. The van der Waals surface area contributed by atoms with Crippen molar-refractivity contribution < 1.29 is 13.2 Å². The molecule has 8 nitrogen and oxygen atoms in total. The Hall–Kier alpha value is -2.26. The van der Waals surface area contributed by atoms with Crippen molar-refractivity contribution in [2.24, 2.45) is 0 Å². The quantitative estimate of drug-likeness (QED) is 0.776. The highest BCUT2D eigenvalue weighted by Gasteiger charge is 2.31. The van der Waals surface area contributed by atoms with Crippen molar-refractivity contribution >= 4 is 15.7 Å². The van der Waals surface area contributed by atoms with Crippen LogP contribution >= 0.6 is 0 Å². The standard InChI is InChI=1S/C16H21N5O3S/c1-20(15-6-7-25(23,24)10-15)9-16(22)18-8-13-2-4-14(5-3-13)21-12-17-11-19-21/h2-5,11-12,15H,6-10H2,1H3,(H,18,22)/t15-/m1/s1. The fourth-order valence-electron chi connectivity index (χ4n) is 2.84. The zero-order chi connectivity index (χ0) is 17.9. The number of rotatable bonds is 6. The van der Waals surface area contributed by atoms with Crippen molar-refractivity contribution in [3.05, 3.63) is 42.5 Å². The van der Waals surface area contributed by atoms with Crippen LogP contribution in [0, 0.1) is 0 Å². The third-order valence-corrected chi connectivity index (χ3v) is 6.08. The van der Waals surface area contributed by atoms with Crippen LogP contribution in [-0.2, 0) is 21.2 Å². The SMILES string of the molecule is CN(CC(=O)NCc1ccc(-n2cncn2)cc1)[C@@H]1CCS(=O)(=O)C1. The minimum Gasteiger partial charge on any atom is -0.351 e. The highest BCUT2D eigenvalue weighted by atomic mass is 32.2. The first-order valence-electron chi connectivity index (χ1n) is 8.04. The molecule has 1 aromatic carbocycles. The van der Waals surface area contributed by atoms with Crippen molar-refractivity contribution in [1.82, 2.24) is 25.0 Å². The van der Waals surface area contributed by atoms with Gasteiger partial charge in [-0.05, 0) is 31.2 Å². The summed E-state index contributed by atoms with van der Waals surface area (Å²) in [5.74, 6) is 0.231. The van der Waals surface area contributed by atoms with Gasteiger partial charge < -0.3 is 5.32 Å². The number of nitrogens with zero attached hydrogens (tertiary/aromatic N) is 4. The summed E-state index contributed by atoms with van der Waals surface area (Å²) in [6, 6.07) is 7.59. The smallest absolute Gasteiger partial charge is 0.234 e. The Morgan fingerprint density at radius 3 is 2.72 bits per heavy atom. The highest BCUT2D eigenvalue weighted by Crippen LogP contribution is 2.16. The molecule has 1 aromatic heterocycles. The zero-order valence-corrected chi connectivity index (χ0v) is 14.8. The summed E-state index contributed by atoms with van der Waals surface area (Å²) < 4.78 is 24.7. The number of aromatic nitrogens is 3. The summed E-state index contributed by atoms with van der Waals surface area (Å²) in [5.41, 5.74) is 1.87. The number of likely N-dealkylation sites (N-methyl/N-ethyl adjacent to an activating group) is 1. The second-order valence-electron chi connectivity index (χ2n) is 6.26. The van der Waals surface area contributed by atoms with Crippen molar-refractivity contribution in [2.75, 3.05) is 25.1 Å². The maximum absolute atomic E-state index is 12.1. The number of amides is 1. The lowest BCUT2D eigenvalue weighted by Crippen LogP contribution is -2.41. The van der Waals surface area contributed by atoms with Crippen molar-refractivity contribution in [1.29, 1.82) is 0 Å². The predicted octanol–water partition coefficient (Wildman–Crippen LogP) is 0.00240. The van der Waals surface area contributed by atoms with Crippen LogP contribution in [0.3, 0.4) is 0 Å². The number of hydrogen-bond donors (Lipinski definition) is 1. The van der Waals surface area contributed by atoms with Gasteiger partial charge in [-0.3, -0.25) is 9.69 Å². The van der Waals surface area contributed by atoms with E-state index in [1.165, 1.54) is 6.33 Å². The molecule has 0 bridgehead atoms. The van der Waals surface area contributed by atoms with E-state index in [1.807, 2.05) is 29.2 Å². The molecule has 1 N–H and O–H groups in total. The molecule has 25 heavy (non-hydrogen) atoms. The maximum atomic E-state index is 12.1. The van der Waals surface area contributed by atoms with Crippen molar-refractivity contribution in [2.45, 2.75) is 19.0 Å². The highest BCUT2D eigenvalue weighted by molar-refractivity contribution is 7.91. The minimum atomic E-state index is -2.94. The van der Waals surface area contributed by atoms with Crippen LogP contribution in [0.15, 0.2) is 36.9 Å². The van der Waals surface area contributed by atoms with Crippen LogP contribution in [0.4, 0.5) is 0 Å². The fraction of sp³-hybridized carbons (Fsp3) is 0.438. The first kappa shape index (κ1) is 17.6. The van der Waals surface area contributed by atoms with Crippen molar-refractivity contribution in [3.63, 3.8) is 0 Å². The van der Waals surface area contributed by atoms with Gasteiger partial charge in [-0.25, -0.2) is 18.1 Å². The summed E-state index contributed by atoms with van der Waals surface area (Å²) in [7, 11) is -1.15. The molecule has 0 aliphatic carbocycles. The third kappa shape index (κ3) is 4.64. The van der Waals surface area contributed by atoms with E-state index in [4.69, 9.17) is 0 Å². The van der Waals surface area contributed by atoms with Crippen LogP contribution in [-0.4, -0.2) is 65.1 Å². The molecule has 2 aromatic rings. The van der Waals surface area contributed by atoms with Crippen LogP contribution in [0.5, 0.6) is 0 Å². The Balaban J connectivity index is 1.47. The van der Waals surface area contributed by atoms with Crippen LogP contribution < -0.4 is 5.32 Å². The molecule has 0 unspecified atom stereocenters. The van der Waals surface area contributed by atoms with Gasteiger partial charge in [0.2, 0.25) is 5.91 Å². The van der Waals surface area contributed by atoms with Gasteiger partial charge >= 0.3 is 0 Å². The number of benzene rings is 1. The number of sulfone groups is 1. The molecular formula is C16H21N5O3S. The molecule has 9 heteroatoms. The molecule has 0 radical (unpaired) electrons. The minimum absolute atomic E-state index is 0.0716. The Labute approximate surface area is 146 Å². The molecule has 1 amide bonds. The zero-order valence-electron chi connectivity index (χ0n) is 14.0. The lowest BCUT2D eigenvalue weighted by molar-refractivity contribution is -0.122. The first-order chi connectivity index (χ1) is 11.9. The predicted molar refractivity (Wildman–Crippen MR) is 92.9 cm³/mol. The normalized spacial score (nSPS) is 19.2. The summed E-state index contributed by atoms with van der Waals surface area (Å²) in [5, 5.41) is 6.92. The van der Waals surface area contributed by atoms with E-state index in [0.717, 1.165) is 11.3 Å². The number of hydrogen-bond acceptors (Lipinski definition) is 6. The number of nitrogens with one attached hydrogen (secondary N) is 1. The fourth-order valence-corrected chi connectivity index (χ4v) is 4.65. The molecule has 1 atom stereocenters. The molecule has 1 aliphatic heterocycles. The second-order valence-corrected chi connectivity index (χ2v) is 8.48. The molecule has 1 fully saturated rings. The Bertz CT molecular complexity index is 818. The van der Waals surface area contributed by atoms with E-state index in [2.05, 4.69) is 15.4 Å². The first-order valence-corrected chi connectivity index (χ1v) is 9.86. The van der Waals surface area contributed by atoms with E-state index in [0.29, 0.717) is 13.0 Å². The molecule has 3 rings (SSSR count). The van der Waals surface area contributed by atoms with E-state index in [1.54, 1.807) is 18.1 Å².